The molecule has 0 aliphatic heterocycles. The summed E-state index contributed by atoms with van der Waals surface area (Å²) in [5.41, 5.74) is 0.388. The third-order valence-electron chi connectivity index (χ3n) is 5.05. The highest BCUT2D eigenvalue weighted by atomic mass is 35.5. The second kappa shape index (κ2) is 8.27. The van der Waals surface area contributed by atoms with E-state index in [-0.39, 0.29) is 28.2 Å². The van der Waals surface area contributed by atoms with Gasteiger partial charge in [0.1, 0.15) is 0 Å². The summed E-state index contributed by atoms with van der Waals surface area (Å²) in [4.78, 5) is 13.0. The molecule has 2 heterocycles. The molecule has 0 saturated heterocycles. The molecule has 2 aromatic heterocycles. The SMILES string of the molecule is O=C(Nc1ccc(Cl)cc1-c1nn[nH]n1)c1noc2cc(-c3ccccc3C(F)(F)F)ccc12. The summed E-state index contributed by atoms with van der Waals surface area (Å²) in [6, 6.07) is 14.3. The number of rotatable bonds is 4. The van der Waals surface area contributed by atoms with Crippen LogP contribution in [-0.2, 0) is 6.18 Å². The van der Waals surface area contributed by atoms with Crippen LogP contribution in [-0.4, -0.2) is 31.7 Å². The van der Waals surface area contributed by atoms with Crippen molar-refractivity contribution in [3.8, 4) is 22.5 Å². The van der Waals surface area contributed by atoms with Crippen LogP contribution in [0.1, 0.15) is 16.1 Å². The summed E-state index contributed by atoms with van der Waals surface area (Å²) in [5, 5.41) is 20.9. The largest absolute Gasteiger partial charge is 0.417 e. The lowest BCUT2D eigenvalue weighted by atomic mass is 9.98. The number of H-pyrrole nitrogens is 1. The summed E-state index contributed by atoms with van der Waals surface area (Å²) < 4.78 is 45.5. The molecule has 0 aliphatic carbocycles. The molecule has 5 aromatic rings. The fourth-order valence-electron chi connectivity index (χ4n) is 3.52. The standard InChI is InChI=1S/C22H12ClF3N6O2/c23-12-6-8-17(15(10-12)20-28-31-32-29-20)27-21(33)19-14-7-5-11(9-18(14)34-30-19)13-3-1-2-4-16(13)22(24,25)26/h1-10H,(H,27,33)(H,28,29,31,32). The number of halogens is 4. The maximum Gasteiger partial charge on any atom is 0.417 e. The van der Waals surface area contributed by atoms with Gasteiger partial charge in [0.2, 0.25) is 5.82 Å². The Kier molecular flexibility index (Phi) is 5.25. The topological polar surface area (TPSA) is 110 Å². The highest BCUT2D eigenvalue weighted by Crippen LogP contribution is 2.38. The summed E-state index contributed by atoms with van der Waals surface area (Å²) in [6.07, 6.45) is -4.52. The quantitative estimate of drug-likeness (QED) is 0.343. The summed E-state index contributed by atoms with van der Waals surface area (Å²) >= 11 is 6.06. The number of hydrogen-bond acceptors (Lipinski definition) is 6. The lowest BCUT2D eigenvalue weighted by Gasteiger charge is -2.12. The van der Waals surface area contributed by atoms with Crippen LogP contribution in [0, 0.1) is 0 Å². The number of amides is 1. The van der Waals surface area contributed by atoms with E-state index >= 15 is 0 Å². The third-order valence-corrected chi connectivity index (χ3v) is 5.28. The van der Waals surface area contributed by atoms with Crippen molar-refractivity contribution in [3.05, 3.63) is 76.9 Å². The van der Waals surface area contributed by atoms with Crippen molar-refractivity contribution in [3.63, 3.8) is 0 Å². The van der Waals surface area contributed by atoms with Crippen molar-refractivity contribution in [2.75, 3.05) is 5.32 Å². The number of tetrazole rings is 1. The first-order chi connectivity index (χ1) is 16.3. The molecule has 2 N–H and O–H groups in total. The minimum Gasteiger partial charge on any atom is -0.355 e. The number of carbonyl (C=O) groups is 1. The van der Waals surface area contributed by atoms with Gasteiger partial charge in [-0.3, -0.25) is 4.79 Å². The van der Waals surface area contributed by atoms with Gasteiger partial charge in [-0.15, -0.1) is 10.2 Å². The van der Waals surface area contributed by atoms with Crippen molar-refractivity contribution < 1.29 is 22.5 Å². The number of aromatic nitrogens is 5. The van der Waals surface area contributed by atoms with Crippen LogP contribution in [0.4, 0.5) is 18.9 Å². The first-order valence-corrected chi connectivity index (χ1v) is 10.1. The number of fused-ring (bicyclic) bond motifs is 1. The van der Waals surface area contributed by atoms with Crippen molar-refractivity contribution in [2.24, 2.45) is 0 Å². The number of benzene rings is 3. The average molecular weight is 485 g/mol. The van der Waals surface area contributed by atoms with E-state index in [2.05, 4.69) is 31.1 Å². The van der Waals surface area contributed by atoms with Crippen molar-refractivity contribution in [1.29, 1.82) is 0 Å². The normalized spacial score (nSPS) is 11.6. The lowest BCUT2D eigenvalue weighted by Crippen LogP contribution is -2.13. The zero-order valence-electron chi connectivity index (χ0n) is 16.9. The zero-order valence-corrected chi connectivity index (χ0v) is 17.6. The first kappa shape index (κ1) is 21.6. The predicted molar refractivity (Wildman–Crippen MR) is 117 cm³/mol. The van der Waals surface area contributed by atoms with Crippen LogP contribution < -0.4 is 5.32 Å². The Morgan fingerprint density at radius 1 is 1.03 bits per heavy atom. The molecule has 0 unspecified atom stereocenters. The van der Waals surface area contributed by atoms with Crippen LogP contribution in [0.3, 0.4) is 0 Å². The molecule has 8 nitrogen and oxygen atoms in total. The minimum atomic E-state index is -4.52. The van der Waals surface area contributed by atoms with Gasteiger partial charge in [0, 0.05) is 10.6 Å². The molecule has 0 spiro atoms. The molecule has 5 rings (SSSR count). The van der Waals surface area contributed by atoms with Gasteiger partial charge >= 0.3 is 6.18 Å². The Bertz CT molecular complexity index is 1520. The van der Waals surface area contributed by atoms with Crippen molar-refractivity contribution >= 4 is 34.2 Å². The first-order valence-electron chi connectivity index (χ1n) is 9.72. The van der Waals surface area contributed by atoms with Crippen LogP contribution in [0.25, 0.3) is 33.5 Å². The second-order valence-corrected chi connectivity index (χ2v) is 7.60. The van der Waals surface area contributed by atoms with Crippen molar-refractivity contribution in [2.45, 2.75) is 6.18 Å². The molecule has 3 aromatic carbocycles. The van der Waals surface area contributed by atoms with E-state index in [4.69, 9.17) is 16.1 Å². The van der Waals surface area contributed by atoms with Gasteiger partial charge in [-0.2, -0.15) is 18.4 Å². The van der Waals surface area contributed by atoms with Gasteiger partial charge < -0.3 is 9.84 Å². The van der Waals surface area contributed by atoms with Crippen LogP contribution in [0.15, 0.2) is 65.2 Å². The van der Waals surface area contributed by atoms with Gasteiger partial charge in [0.25, 0.3) is 5.91 Å². The highest BCUT2D eigenvalue weighted by Gasteiger charge is 2.33. The molecule has 0 saturated carbocycles. The smallest absolute Gasteiger partial charge is 0.355 e. The van der Waals surface area contributed by atoms with Crippen LogP contribution in [0.5, 0.6) is 0 Å². The van der Waals surface area contributed by atoms with Gasteiger partial charge in [-0.25, -0.2) is 0 Å². The molecular formula is C22H12ClF3N6O2. The van der Waals surface area contributed by atoms with Gasteiger partial charge in [0.15, 0.2) is 11.3 Å². The monoisotopic (exact) mass is 484 g/mol. The molecule has 0 bridgehead atoms. The molecule has 0 atom stereocenters. The summed E-state index contributed by atoms with van der Waals surface area (Å²) in [5.74, 6) is -0.384. The minimum absolute atomic E-state index is 0.00906. The highest BCUT2D eigenvalue weighted by molar-refractivity contribution is 6.31. The summed E-state index contributed by atoms with van der Waals surface area (Å²) in [6.45, 7) is 0. The average Bonchev–Trinajstić information content (AvgIpc) is 3.49. The number of aromatic amines is 1. The second-order valence-electron chi connectivity index (χ2n) is 7.16. The number of nitrogens with zero attached hydrogens (tertiary/aromatic N) is 4. The zero-order chi connectivity index (χ0) is 23.9. The fourth-order valence-corrected chi connectivity index (χ4v) is 3.69. The molecule has 170 valence electrons. The van der Waals surface area contributed by atoms with E-state index in [9.17, 15) is 18.0 Å². The number of hydrogen-bond donors (Lipinski definition) is 2. The van der Waals surface area contributed by atoms with Gasteiger partial charge in [0.05, 0.1) is 16.6 Å². The maximum absolute atomic E-state index is 13.4. The van der Waals surface area contributed by atoms with E-state index in [1.807, 2.05) is 0 Å². The number of nitrogens with one attached hydrogen (secondary N) is 2. The Morgan fingerprint density at radius 3 is 2.62 bits per heavy atom. The maximum atomic E-state index is 13.4. The van der Waals surface area contributed by atoms with E-state index in [1.54, 1.807) is 18.2 Å². The Labute approximate surface area is 193 Å². The molecule has 34 heavy (non-hydrogen) atoms. The molecule has 0 fully saturated rings. The Hall–Kier alpha value is -4.25. The third kappa shape index (κ3) is 3.97. The fraction of sp³-hybridized carbons (Fsp3) is 0.0455. The van der Waals surface area contributed by atoms with Gasteiger partial charge in [-0.05, 0) is 52.7 Å². The Morgan fingerprint density at radius 2 is 1.85 bits per heavy atom. The Balaban J connectivity index is 1.49. The number of carbonyl (C=O) groups excluding carboxylic acids is 1. The molecule has 0 aliphatic rings. The molecule has 12 heteroatoms. The van der Waals surface area contributed by atoms with E-state index in [0.29, 0.717) is 21.7 Å². The van der Waals surface area contributed by atoms with E-state index in [0.717, 1.165) is 6.07 Å². The molecule has 1 amide bonds. The summed E-state index contributed by atoms with van der Waals surface area (Å²) in [7, 11) is 0. The van der Waals surface area contributed by atoms with E-state index in [1.165, 1.54) is 36.4 Å². The number of alkyl halides is 3. The van der Waals surface area contributed by atoms with Gasteiger partial charge in [-0.1, -0.05) is 41.0 Å². The van der Waals surface area contributed by atoms with Crippen LogP contribution >= 0.6 is 11.6 Å². The van der Waals surface area contributed by atoms with E-state index < -0.39 is 17.6 Å². The molecular weight excluding hydrogens is 473 g/mol. The van der Waals surface area contributed by atoms with Crippen molar-refractivity contribution in [1.82, 2.24) is 25.8 Å². The number of anilines is 1. The lowest BCUT2D eigenvalue weighted by molar-refractivity contribution is -0.137. The molecule has 0 radical (unpaired) electrons. The van der Waals surface area contributed by atoms with Crippen LogP contribution in [0.2, 0.25) is 5.02 Å². The predicted octanol–water partition coefficient (Wildman–Crippen LogP) is 5.60.